The molecular formula is C26H37N3O4S. The lowest BCUT2D eigenvalue weighted by Crippen LogP contribution is -2.52. The van der Waals surface area contributed by atoms with E-state index in [-0.39, 0.29) is 19.0 Å². The zero-order chi connectivity index (χ0) is 25.3. The number of sulfonamides is 1. The van der Waals surface area contributed by atoms with Crippen LogP contribution in [0.25, 0.3) is 0 Å². The van der Waals surface area contributed by atoms with E-state index >= 15 is 0 Å². The van der Waals surface area contributed by atoms with Gasteiger partial charge in [0.15, 0.2) is 0 Å². The number of hydrogen-bond donors (Lipinski definition) is 1. The van der Waals surface area contributed by atoms with E-state index in [4.69, 9.17) is 0 Å². The Labute approximate surface area is 204 Å². The fraction of sp³-hybridized carbons (Fsp3) is 0.462. The highest BCUT2D eigenvalue weighted by atomic mass is 32.2. The predicted octanol–water partition coefficient (Wildman–Crippen LogP) is 3.79. The third-order valence-electron chi connectivity index (χ3n) is 5.82. The van der Waals surface area contributed by atoms with E-state index < -0.39 is 22.0 Å². The number of nitrogens with one attached hydrogen (secondary N) is 1. The maximum atomic E-state index is 13.6. The SMILES string of the molecule is CCCCNC(=O)C(CC)N(Cc1ccccc1C)C(=O)CN(c1ccc(C)cc1)S(C)(=O)=O. The standard InChI is InChI=1S/C26H37N3O4S/c1-6-8-17-27-26(31)24(7-2)28(18-22-12-10-9-11-21(22)4)25(30)19-29(34(5,32)33)23-15-13-20(3)14-16-23/h9-16,24H,6-8,17-19H2,1-5H3,(H,27,31). The molecule has 0 saturated carbocycles. The lowest BCUT2D eigenvalue weighted by atomic mass is 10.1. The molecule has 8 heteroatoms. The first kappa shape index (κ1) is 27.4. The Balaban J connectivity index is 2.40. The van der Waals surface area contributed by atoms with Gasteiger partial charge in [-0.2, -0.15) is 0 Å². The van der Waals surface area contributed by atoms with Crippen molar-refractivity contribution in [3.8, 4) is 0 Å². The van der Waals surface area contributed by atoms with Crippen LogP contribution in [0.4, 0.5) is 5.69 Å². The molecule has 1 N–H and O–H groups in total. The lowest BCUT2D eigenvalue weighted by Gasteiger charge is -2.33. The third-order valence-corrected chi connectivity index (χ3v) is 6.96. The van der Waals surface area contributed by atoms with E-state index in [1.807, 2.05) is 52.0 Å². The summed E-state index contributed by atoms with van der Waals surface area (Å²) in [5.41, 5.74) is 3.31. The van der Waals surface area contributed by atoms with Crippen molar-refractivity contribution in [3.05, 3.63) is 65.2 Å². The number of hydrogen-bond acceptors (Lipinski definition) is 4. The molecule has 0 radical (unpaired) electrons. The van der Waals surface area contributed by atoms with Crippen LogP contribution in [-0.2, 0) is 26.2 Å². The van der Waals surface area contributed by atoms with Crippen molar-refractivity contribution in [3.63, 3.8) is 0 Å². The molecule has 2 aromatic carbocycles. The van der Waals surface area contributed by atoms with Gasteiger partial charge in [0.1, 0.15) is 12.6 Å². The second-order valence-corrected chi connectivity index (χ2v) is 10.5. The van der Waals surface area contributed by atoms with Crippen LogP contribution in [0.15, 0.2) is 48.5 Å². The fourth-order valence-electron chi connectivity index (χ4n) is 3.72. The van der Waals surface area contributed by atoms with E-state index in [0.717, 1.165) is 40.1 Å². The van der Waals surface area contributed by atoms with Crippen LogP contribution in [0, 0.1) is 13.8 Å². The van der Waals surface area contributed by atoms with Crippen LogP contribution in [-0.4, -0.2) is 50.5 Å². The Morgan fingerprint density at radius 3 is 2.21 bits per heavy atom. The molecule has 7 nitrogen and oxygen atoms in total. The third kappa shape index (κ3) is 7.58. The summed E-state index contributed by atoms with van der Waals surface area (Å²) in [6.07, 6.45) is 3.30. The summed E-state index contributed by atoms with van der Waals surface area (Å²) < 4.78 is 26.3. The van der Waals surface area contributed by atoms with E-state index in [1.165, 1.54) is 4.90 Å². The van der Waals surface area contributed by atoms with Gasteiger partial charge >= 0.3 is 0 Å². The van der Waals surface area contributed by atoms with Gasteiger partial charge < -0.3 is 10.2 Å². The molecule has 34 heavy (non-hydrogen) atoms. The smallest absolute Gasteiger partial charge is 0.244 e. The number of benzene rings is 2. The van der Waals surface area contributed by atoms with Gasteiger partial charge in [-0.05, 0) is 49.9 Å². The van der Waals surface area contributed by atoms with E-state index in [0.29, 0.717) is 18.7 Å². The van der Waals surface area contributed by atoms with Gasteiger partial charge in [-0.3, -0.25) is 13.9 Å². The minimum Gasteiger partial charge on any atom is -0.354 e. The second kappa shape index (κ2) is 12.6. The van der Waals surface area contributed by atoms with Crippen LogP contribution in [0.5, 0.6) is 0 Å². The van der Waals surface area contributed by atoms with Gasteiger partial charge in [-0.1, -0.05) is 62.2 Å². The van der Waals surface area contributed by atoms with Crippen molar-refractivity contribution in [1.82, 2.24) is 10.2 Å². The average Bonchev–Trinajstić information content (AvgIpc) is 2.78. The molecule has 0 saturated heterocycles. The largest absolute Gasteiger partial charge is 0.354 e. The first-order valence-corrected chi connectivity index (χ1v) is 13.6. The number of carbonyl (C=O) groups is 2. The van der Waals surface area contributed by atoms with Crippen molar-refractivity contribution < 1.29 is 18.0 Å². The van der Waals surface area contributed by atoms with E-state index in [2.05, 4.69) is 5.32 Å². The van der Waals surface area contributed by atoms with Gasteiger partial charge in [-0.25, -0.2) is 8.42 Å². The normalized spacial score (nSPS) is 12.1. The summed E-state index contributed by atoms with van der Waals surface area (Å²) in [5.74, 6) is -0.647. The first-order chi connectivity index (χ1) is 16.1. The number of anilines is 1. The zero-order valence-electron chi connectivity index (χ0n) is 20.9. The number of unbranched alkanes of at least 4 members (excludes halogenated alkanes) is 1. The summed E-state index contributed by atoms with van der Waals surface area (Å²) in [6, 6.07) is 14.0. The molecule has 1 atom stereocenters. The quantitative estimate of drug-likeness (QED) is 0.462. The molecular weight excluding hydrogens is 450 g/mol. The fourth-order valence-corrected chi connectivity index (χ4v) is 4.57. The summed E-state index contributed by atoms with van der Waals surface area (Å²) in [7, 11) is -3.73. The highest BCUT2D eigenvalue weighted by Crippen LogP contribution is 2.21. The molecule has 1 unspecified atom stereocenters. The van der Waals surface area contributed by atoms with Gasteiger partial charge in [0.25, 0.3) is 0 Å². The summed E-state index contributed by atoms with van der Waals surface area (Å²) in [4.78, 5) is 28.2. The molecule has 0 bridgehead atoms. The molecule has 2 aromatic rings. The molecule has 0 aliphatic rings. The summed E-state index contributed by atoms with van der Waals surface area (Å²) >= 11 is 0. The van der Waals surface area contributed by atoms with E-state index in [1.54, 1.807) is 24.3 Å². The average molecular weight is 488 g/mol. The second-order valence-electron chi connectivity index (χ2n) is 8.62. The maximum absolute atomic E-state index is 13.6. The molecule has 186 valence electrons. The van der Waals surface area contributed by atoms with Gasteiger partial charge in [-0.15, -0.1) is 0 Å². The van der Waals surface area contributed by atoms with Gasteiger partial charge in [0.2, 0.25) is 21.8 Å². The van der Waals surface area contributed by atoms with E-state index in [9.17, 15) is 18.0 Å². The number of nitrogens with zero attached hydrogens (tertiary/aromatic N) is 2. The van der Waals surface area contributed by atoms with Crippen LogP contribution < -0.4 is 9.62 Å². The Kier molecular flexibility index (Phi) is 10.1. The van der Waals surface area contributed by atoms with Crippen molar-refractivity contribution in [2.75, 3.05) is 23.7 Å². The van der Waals surface area contributed by atoms with Crippen molar-refractivity contribution in [1.29, 1.82) is 0 Å². The monoisotopic (exact) mass is 487 g/mol. The number of rotatable bonds is 12. The first-order valence-electron chi connectivity index (χ1n) is 11.7. The van der Waals surface area contributed by atoms with Crippen LogP contribution in [0.1, 0.15) is 49.8 Å². The maximum Gasteiger partial charge on any atom is 0.244 e. The Morgan fingerprint density at radius 1 is 1.00 bits per heavy atom. The molecule has 0 heterocycles. The summed E-state index contributed by atoms with van der Waals surface area (Å²) in [5, 5.41) is 2.93. The number of aryl methyl sites for hydroxylation is 2. The topological polar surface area (TPSA) is 86.8 Å². The minimum atomic E-state index is -3.73. The number of carbonyl (C=O) groups excluding carboxylic acids is 2. The Morgan fingerprint density at radius 2 is 1.65 bits per heavy atom. The van der Waals surface area contributed by atoms with Crippen molar-refractivity contribution >= 4 is 27.5 Å². The molecule has 2 amide bonds. The lowest BCUT2D eigenvalue weighted by molar-refractivity contribution is -0.140. The minimum absolute atomic E-state index is 0.219. The molecule has 0 aliphatic heterocycles. The van der Waals surface area contributed by atoms with Crippen LogP contribution >= 0.6 is 0 Å². The molecule has 0 aliphatic carbocycles. The molecule has 0 fully saturated rings. The predicted molar refractivity (Wildman–Crippen MR) is 137 cm³/mol. The van der Waals surface area contributed by atoms with Crippen LogP contribution in [0.2, 0.25) is 0 Å². The van der Waals surface area contributed by atoms with Crippen LogP contribution in [0.3, 0.4) is 0 Å². The van der Waals surface area contributed by atoms with Crippen molar-refractivity contribution in [2.45, 2.75) is 59.5 Å². The molecule has 2 rings (SSSR count). The Hall–Kier alpha value is -2.87. The summed E-state index contributed by atoms with van der Waals surface area (Å²) in [6.45, 7) is 8.14. The molecule has 0 aromatic heterocycles. The molecule has 0 spiro atoms. The highest BCUT2D eigenvalue weighted by Gasteiger charge is 2.31. The van der Waals surface area contributed by atoms with Gasteiger partial charge in [0, 0.05) is 13.1 Å². The number of amides is 2. The Bertz CT molecular complexity index is 1070. The van der Waals surface area contributed by atoms with Crippen molar-refractivity contribution in [2.24, 2.45) is 0 Å². The van der Waals surface area contributed by atoms with Gasteiger partial charge in [0.05, 0.1) is 11.9 Å². The highest BCUT2D eigenvalue weighted by molar-refractivity contribution is 7.92. The zero-order valence-corrected chi connectivity index (χ0v) is 21.7.